The molecule has 10 heteroatoms. The molecule has 0 radical (unpaired) electrons. The molecule has 1 aliphatic rings. The van der Waals surface area contributed by atoms with E-state index in [1.807, 2.05) is 24.3 Å². The monoisotopic (exact) mass is 502 g/mol. The Balaban J connectivity index is 1.20. The van der Waals surface area contributed by atoms with Crippen LogP contribution in [0.15, 0.2) is 71.8 Å². The van der Waals surface area contributed by atoms with Gasteiger partial charge in [0, 0.05) is 12.2 Å². The summed E-state index contributed by atoms with van der Waals surface area (Å²) in [7, 11) is 0. The number of hydrazone groups is 1. The lowest BCUT2D eigenvalue weighted by Gasteiger charge is -2.08. The van der Waals surface area contributed by atoms with E-state index in [4.69, 9.17) is 14.2 Å². The minimum atomic E-state index is -0.909. The third-order valence-electron chi connectivity index (χ3n) is 5.35. The molecule has 10 nitrogen and oxygen atoms in total. The molecule has 3 amide bonds. The molecule has 3 aromatic rings. The molecule has 0 fully saturated rings. The highest BCUT2D eigenvalue weighted by Gasteiger charge is 2.15. The molecule has 3 aromatic carbocycles. The fourth-order valence-corrected chi connectivity index (χ4v) is 3.38. The zero-order valence-corrected chi connectivity index (χ0v) is 20.2. The van der Waals surface area contributed by atoms with Crippen molar-refractivity contribution in [2.75, 3.05) is 18.7 Å². The van der Waals surface area contributed by atoms with Crippen LogP contribution in [0.2, 0.25) is 0 Å². The highest BCUT2D eigenvalue weighted by atomic mass is 16.7. The van der Waals surface area contributed by atoms with Crippen molar-refractivity contribution in [2.24, 2.45) is 5.10 Å². The molecule has 0 atom stereocenters. The topological polar surface area (TPSA) is 127 Å². The summed E-state index contributed by atoms with van der Waals surface area (Å²) in [4.78, 5) is 36.2. The molecule has 0 unspecified atom stereocenters. The molecule has 0 aromatic heterocycles. The molecular formula is C27H26N4O6. The minimum Gasteiger partial charge on any atom is -0.484 e. The second kappa shape index (κ2) is 12.2. The van der Waals surface area contributed by atoms with Crippen LogP contribution in [0.4, 0.5) is 5.69 Å². The molecule has 0 saturated heterocycles. The molecule has 0 aliphatic carbocycles. The van der Waals surface area contributed by atoms with Gasteiger partial charge in [-0.3, -0.25) is 14.4 Å². The summed E-state index contributed by atoms with van der Waals surface area (Å²) in [5, 5.41) is 9.11. The molecule has 37 heavy (non-hydrogen) atoms. The summed E-state index contributed by atoms with van der Waals surface area (Å²) < 4.78 is 16.1. The quantitative estimate of drug-likeness (QED) is 0.235. The lowest BCUT2D eigenvalue weighted by molar-refractivity contribution is -0.139. The Labute approximate surface area is 213 Å². The minimum absolute atomic E-state index is 0.142. The van der Waals surface area contributed by atoms with Gasteiger partial charge < -0.3 is 24.8 Å². The van der Waals surface area contributed by atoms with E-state index in [9.17, 15) is 14.4 Å². The summed E-state index contributed by atoms with van der Waals surface area (Å²) in [6.07, 6.45) is 2.29. The molecular weight excluding hydrogens is 476 g/mol. The number of rotatable bonds is 9. The summed E-state index contributed by atoms with van der Waals surface area (Å²) >= 11 is 0. The molecule has 0 saturated carbocycles. The lowest BCUT2D eigenvalue weighted by atomic mass is 10.1. The number of hydrogen-bond acceptors (Lipinski definition) is 7. The van der Waals surface area contributed by atoms with Gasteiger partial charge in [0.05, 0.1) is 6.21 Å². The lowest BCUT2D eigenvalue weighted by Crippen LogP contribution is -2.37. The van der Waals surface area contributed by atoms with Crippen LogP contribution in [-0.4, -0.2) is 37.3 Å². The second-order valence-corrected chi connectivity index (χ2v) is 8.03. The van der Waals surface area contributed by atoms with Gasteiger partial charge >= 0.3 is 11.8 Å². The first-order chi connectivity index (χ1) is 18.0. The number of fused-ring (bicyclic) bond motifs is 1. The Morgan fingerprint density at radius 1 is 0.946 bits per heavy atom. The number of anilines is 1. The molecule has 1 aliphatic heterocycles. The van der Waals surface area contributed by atoms with Crippen LogP contribution >= 0.6 is 0 Å². The average molecular weight is 503 g/mol. The van der Waals surface area contributed by atoms with Gasteiger partial charge in [0.2, 0.25) is 6.79 Å². The van der Waals surface area contributed by atoms with Crippen molar-refractivity contribution in [1.82, 2.24) is 10.7 Å². The Kier molecular flexibility index (Phi) is 8.33. The molecule has 1 heterocycles. The number of ether oxygens (including phenoxy) is 3. The molecule has 4 rings (SSSR count). The van der Waals surface area contributed by atoms with Crippen molar-refractivity contribution in [3.63, 3.8) is 0 Å². The zero-order valence-electron chi connectivity index (χ0n) is 20.2. The molecule has 0 bridgehead atoms. The van der Waals surface area contributed by atoms with Crippen molar-refractivity contribution in [1.29, 1.82) is 0 Å². The first-order valence-electron chi connectivity index (χ1n) is 11.6. The van der Waals surface area contributed by atoms with Crippen LogP contribution < -0.4 is 30.3 Å². The van der Waals surface area contributed by atoms with Gasteiger partial charge in [0.15, 0.2) is 18.1 Å². The van der Waals surface area contributed by atoms with Crippen LogP contribution in [0, 0.1) is 0 Å². The van der Waals surface area contributed by atoms with E-state index >= 15 is 0 Å². The number of hydrogen-bond donors (Lipinski definition) is 3. The van der Waals surface area contributed by atoms with Crippen LogP contribution in [-0.2, 0) is 27.3 Å². The van der Waals surface area contributed by atoms with E-state index in [0.29, 0.717) is 28.5 Å². The number of carbonyl (C=O) groups excluding carboxylic acids is 3. The molecule has 3 N–H and O–H groups in total. The van der Waals surface area contributed by atoms with Gasteiger partial charge in [-0.2, -0.15) is 5.10 Å². The largest absolute Gasteiger partial charge is 0.484 e. The van der Waals surface area contributed by atoms with Crippen LogP contribution in [0.3, 0.4) is 0 Å². The third kappa shape index (κ3) is 7.31. The number of nitrogens with zero attached hydrogens (tertiary/aromatic N) is 1. The average Bonchev–Trinajstić information content (AvgIpc) is 3.39. The molecule has 0 spiro atoms. The normalized spacial score (nSPS) is 11.7. The van der Waals surface area contributed by atoms with E-state index in [0.717, 1.165) is 12.0 Å². The van der Waals surface area contributed by atoms with Crippen molar-refractivity contribution in [3.8, 4) is 17.2 Å². The second-order valence-electron chi connectivity index (χ2n) is 8.03. The first-order valence-corrected chi connectivity index (χ1v) is 11.6. The summed E-state index contributed by atoms with van der Waals surface area (Å²) in [6, 6.07) is 19.7. The Morgan fingerprint density at radius 2 is 1.73 bits per heavy atom. The summed E-state index contributed by atoms with van der Waals surface area (Å²) in [5.41, 5.74) is 5.43. The zero-order chi connectivity index (χ0) is 26.0. The van der Waals surface area contributed by atoms with Gasteiger partial charge in [-0.25, -0.2) is 5.43 Å². The van der Waals surface area contributed by atoms with Crippen LogP contribution in [0.5, 0.6) is 17.2 Å². The van der Waals surface area contributed by atoms with Crippen molar-refractivity contribution in [2.45, 2.75) is 19.9 Å². The fraction of sp³-hybridized carbons (Fsp3) is 0.185. The third-order valence-corrected chi connectivity index (χ3v) is 5.35. The predicted octanol–water partition coefficient (Wildman–Crippen LogP) is 2.76. The SMILES string of the molecule is CCc1ccc(NC(=O)COc2cccc(/C=N\NC(=O)C(=O)NCc3ccc4c(c3)OCO4)c2)cc1. The van der Waals surface area contributed by atoms with E-state index in [1.165, 1.54) is 11.8 Å². The van der Waals surface area contributed by atoms with Gasteiger partial charge in [0.25, 0.3) is 5.91 Å². The van der Waals surface area contributed by atoms with Crippen molar-refractivity contribution < 1.29 is 28.6 Å². The number of benzene rings is 3. The highest BCUT2D eigenvalue weighted by molar-refractivity contribution is 6.35. The maximum absolute atomic E-state index is 12.2. The smallest absolute Gasteiger partial charge is 0.329 e. The Hall–Kier alpha value is -4.86. The van der Waals surface area contributed by atoms with Crippen molar-refractivity contribution in [3.05, 3.63) is 83.4 Å². The van der Waals surface area contributed by atoms with E-state index < -0.39 is 11.8 Å². The first kappa shape index (κ1) is 25.2. The number of aryl methyl sites for hydroxylation is 1. The maximum Gasteiger partial charge on any atom is 0.329 e. The number of nitrogens with one attached hydrogen (secondary N) is 3. The van der Waals surface area contributed by atoms with Crippen LogP contribution in [0.25, 0.3) is 0 Å². The van der Waals surface area contributed by atoms with Gasteiger partial charge in [-0.05, 0) is 59.5 Å². The van der Waals surface area contributed by atoms with E-state index in [2.05, 4.69) is 28.1 Å². The van der Waals surface area contributed by atoms with Crippen molar-refractivity contribution >= 4 is 29.6 Å². The molecule has 190 valence electrons. The van der Waals surface area contributed by atoms with Gasteiger partial charge in [0.1, 0.15) is 5.75 Å². The van der Waals surface area contributed by atoms with Gasteiger partial charge in [-0.15, -0.1) is 0 Å². The standard InChI is InChI=1S/C27H26N4O6/c1-2-18-6-9-21(10-7-18)30-25(32)16-35-22-5-3-4-19(12-22)15-29-31-27(34)26(33)28-14-20-8-11-23-24(13-20)37-17-36-23/h3-13,15H,2,14,16-17H2,1H3,(H,28,33)(H,30,32)(H,31,34)/b29-15-. The number of carbonyl (C=O) groups is 3. The summed E-state index contributed by atoms with van der Waals surface area (Å²) in [6.45, 7) is 2.19. The highest BCUT2D eigenvalue weighted by Crippen LogP contribution is 2.32. The Bertz CT molecular complexity index is 1310. The number of amides is 3. The van der Waals surface area contributed by atoms with E-state index in [-0.39, 0.29) is 25.9 Å². The van der Waals surface area contributed by atoms with E-state index in [1.54, 1.807) is 42.5 Å². The maximum atomic E-state index is 12.2. The van der Waals surface area contributed by atoms with Gasteiger partial charge in [-0.1, -0.05) is 37.3 Å². The fourth-order valence-electron chi connectivity index (χ4n) is 3.38. The van der Waals surface area contributed by atoms with Crippen LogP contribution in [0.1, 0.15) is 23.6 Å². The predicted molar refractivity (Wildman–Crippen MR) is 137 cm³/mol. The summed E-state index contributed by atoms with van der Waals surface area (Å²) in [5.74, 6) is -0.349. The Morgan fingerprint density at radius 3 is 2.54 bits per heavy atom.